The second-order valence-corrected chi connectivity index (χ2v) is 4.87. The van der Waals surface area contributed by atoms with Gasteiger partial charge in [-0.05, 0) is 13.8 Å². The van der Waals surface area contributed by atoms with Crippen LogP contribution < -0.4 is 0 Å². The summed E-state index contributed by atoms with van der Waals surface area (Å²) >= 11 is 0. The third-order valence-electron chi connectivity index (χ3n) is 2.79. The molecule has 0 N–H and O–H groups in total. The molecule has 0 aliphatic heterocycles. The molecule has 3 heteroatoms. The molecule has 1 aromatic carbocycles. The van der Waals surface area contributed by atoms with E-state index in [2.05, 4.69) is 54.6 Å². The molecule has 1 aromatic heterocycles. The lowest BCUT2D eigenvalue weighted by molar-refractivity contribution is 0.554. The van der Waals surface area contributed by atoms with Crippen LogP contribution in [0.4, 0.5) is 0 Å². The van der Waals surface area contributed by atoms with Gasteiger partial charge >= 0.3 is 0 Å². The molecule has 0 amide bonds. The number of benzene rings is 1. The van der Waals surface area contributed by atoms with Crippen LogP contribution in [0.1, 0.15) is 45.5 Å². The first-order valence-electron chi connectivity index (χ1n) is 6.11. The van der Waals surface area contributed by atoms with Gasteiger partial charge in [0.05, 0.1) is 0 Å². The normalized spacial score (nSPS) is 11.4. The van der Waals surface area contributed by atoms with Crippen LogP contribution in [-0.2, 0) is 0 Å². The highest BCUT2D eigenvalue weighted by atomic mass is 15.3. The van der Waals surface area contributed by atoms with E-state index >= 15 is 0 Å². The van der Waals surface area contributed by atoms with E-state index in [1.807, 2.05) is 18.2 Å². The van der Waals surface area contributed by atoms with Crippen LogP contribution in [0.3, 0.4) is 0 Å². The molecule has 0 saturated carbocycles. The van der Waals surface area contributed by atoms with E-state index in [4.69, 9.17) is 0 Å². The molecule has 90 valence electrons. The van der Waals surface area contributed by atoms with Crippen molar-refractivity contribution in [3.8, 4) is 11.4 Å². The van der Waals surface area contributed by atoms with Crippen molar-refractivity contribution in [2.75, 3.05) is 0 Å². The lowest BCUT2D eigenvalue weighted by atomic mass is 10.1. The fourth-order valence-corrected chi connectivity index (χ4v) is 1.99. The van der Waals surface area contributed by atoms with E-state index in [0.29, 0.717) is 12.0 Å². The summed E-state index contributed by atoms with van der Waals surface area (Å²) in [5.74, 6) is 2.41. The van der Waals surface area contributed by atoms with Gasteiger partial charge in [0.15, 0.2) is 5.82 Å². The zero-order valence-corrected chi connectivity index (χ0v) is 10.9. The number of hydrogen-bond donors (Lipinski definition) is 0. The number of nitrogens with zero attached hydrogens (tertiary/aromatic N) is 3. The maximum atomic E-state index is 4.34. The Hall–Kier alpha value is -1.64. The van der Waals surface area contributed by atoms with Gasteiger partial charge in [-0.15, -0.1) is 10.2 Å². The monoisotopic (exact) mass is 229 g/mol. The summed E-state index contributed by atoms with van der Waals surface area (Å²) in [6, 6.07) is 10.6. The van der Waals surface area contributed by atoms with Crippen LogP contribution in [0.5, 0.6) is 0 Å². The number of rotatable bonds is 3. The molecule has 1 heterocycles. The van der Waals surface area contributed by atoms with Crippen molar-refractivity contribution in [3.05, 3.63) is 36.2 Å². The van der Waals surface area contributed by atoms with E-state index in [-0.39, 0.29) is 0 Å². The van der Waals surface area contributed by atoms with E-state index in [1.165, 1.54) is 0 Å². The Bertz CT molecular complexity index is 483. The van der Waals surface area contributed by atoms with Gasteiger partial charge in [-0.1, -0.05) is 44.2 Å². The molecule has 3 nitrogen and oxygen atoms in total. The molecular formula is C14H19N3. The van der Waals surface area contributed by atoms with Crippen LogP contribution in [0, 0.1) is 0 Å². The van der Waals surface area contributed by atoms with Crippen molar-refractivity contribution in [1.29, 1.82) is 0 Å². The summed E-state index contributed by atoms with van der Waals surface area (Å²) < 4.78 is 2.22. The van der Waals surface area contributed by atoms with E-state index in [1.54, 1.807) is 0 Å². The third-order valence-corrected chi connectivity index (χ3v) is 2.79. The quantitative estimate of drug-likeness (QED) is 0.804. The molecule has 0 fully saturated rings. The van der Waals surface area contributed by atoms with Crippen molar-refractivity contribution in [1.82, 2.24) is 14.8 Å². The zero-order chi connectivity index (χ0) is 12.4. The average Bonchev–Trinajstić information content (AvgIpc) is 2.74. The van der Waals surface area contributed by atoms with E-state index < -0.39 is 0 Å². The first kappa shape index (κ1) is 11.8. The Morgan fingerprint density at radius 2 is 1.59 bits per heavy atom. The van der Waals surface area contributed by atoms with Crippen LogP contribution in [-0.4, -0.2) is 14.8 Å². The lowest BCUT2D eigenvalue weighted by Crippen LogP contribution is -2.09. The fourth-order valence-electron chi connectivity index (χ4n) is 1.99. The minimum Gasteiger partial charge on any atom is -0.308 e. The third kappa shape index (κ3) is 2.23. The van der Waals surface area contributed by atoms with Gasteiger partial charge in [-0.3, -0.25) is 0 Å². The van der Waals surface area contributed by atoms with Gasteiger partial charge in [0, 0.05) is 17.5 Å². The van der Waals surface area contributed by atoms with Gasteiger partial charge in [-0.2, -0.15) is 0 Å². The highest BCUT2D eigenvalue weighted by Gasteiger charge is 2.17. The van der Waals surface area contributed by atoms with Crippen LogP contribution in [0.2, 0.25) is 0 Å². The predicted molar refractivity (Wildman–Crippen MR) is 69.9 cm³/mol. The Balaban J connectivity index is 2.56. The Morgan fingerprint density at radius 1 is 0.941 bits per heavy atom. The van der Waals surface area contributed by atoms with E-state index in [9.17, 15) is 0 Å². The maximum absolute atomic E-state index is 4.34. The second-order valence-electron chi connectivity index (χ2n) is 4.87. The number of aromatic nitrogens is 3. The SMILES string of the molecule is CC(C)c1nnc(-c2ccccc2)n1C(C)C. The van der Waals surface area contributed by atoms with Gasteiger partial charge in [0.1, 0.15) is 5.82 Å². The van der Waals surface area contributed by atoms with Gasteiger partial charge in [0.2, 0.25) is 0 Å². The molecule has 17 heavy (non-hydrogen) atoms. The molecule has 0 saturated heterocycles. The smallest absolute Gasteiger partial charge is 0.164 e. The Labute approximate surface area is 103 Å². The minimum absolute atomic E-state index is 0.373. The lowest BCUT2D eigenvalue weighted by Gasteiger charge is -2.15. The Kier molecular flexibility index (Phi) is 3.27. The summed E-state index contributed by atoms with van der Waals surface area (Å²) in [4.78, 5) is 0. The molecule has 2 rings (SSSR count). The fraction of sp³-hybridized carbons (Fsp3) is 0.429. The molecule has 0 unspecified atom stereocenters. The summed E-state index contributed by atoms with van der Waals surface area (Å²) in [5.41, 5.74) is 1.13. The first-order chi connectivity index (χ1) is 8.11. The van der Waals surface area contributed by atoms with E-state index in [0.717, 1.165) is 17.2 Å². The van der Waals surface area contributed by atoms with Crippen molar-refractivity contribution >= 4 is 0 Å². The first-order valence-corrected chi connectivity index (χ1v) is 6.11. The average molecular weight is 229 g/mol. The molecular weight excluding hydrogens is 210 g/mol. The van der Waals surface area contributed by atoms with Crippen molar-refractivity contribution in [2.45, 2.75) is 39.7 Å². The van der Waals surface area contributed by atoms with Crippen molar-refractivity contribution < 1.29 is 0 Å². The highest BCUT2D eigenvalue weighted by molar-refractivity contribution is 5.55. The van der Waals surface area contributed by atoms with Crippen LogP contribution in [0.25, 0.3) is 11.4 Å². The second kappa shape index (κ2) is 4.70. The Morgan fingerprint density at radius 3 is 2.12 bits per heavy atom. The van der Waals surface area contributed by atoms with Crippen LogP contribution in [0.15, 0.2) is 30.3 Å². The molecule has 2 aromatic rings. The standard InChI is InChI=1S/C14H19N3/c1-10(2)13-15-16-14(17(13)11(3)4)12-8-6-5-7-9-12/h5-11H,1-4H3. The maximum Gasteiger partial charge on any atom is 0.164 e. The molecule has 0 aliphatic carbocycles. The van der Waals surface area contributed by atoms with Gasteiger partial charge < -0.3 is 4.57 Å². The summed E-state index contributed by atoms with van der Waals surface area (Å²) in [7, 11) is 0. The predicted octanol–water partition coefficient (Wildman–Crippen LogP) is 3.65. The largest absolute Gasteiger partial charge is 0.308 e. The molecule has 0 atom stereocenters. The van der Waals surface area contributed by atoms with Gasteiger partial charge in [-0.25, -0.2) is 0 Å². The number of hydrogen-bond acceptors (Lipinski definition) is 2. The van der Waals surface area contributed by atoms with Crippen molar-refractivity contribution in [2.24, 2.45) is 0 Å². The summed E-state index contributed by atoms with van der Waals surface area (Å²) in [5, 5.41) is 8.67. The summed E-state index contributed by atoms with van der Waals surface area (Å²) in [6.07, 6.45) is 0. The summed E-state index contributed by atoms with van der Waals surface area (Å²) in [6.45, 7) is 8.64. The molecule has 0 bridgehead atoms. The van der Waals surface area contributed by atoms with Crippen molar-refractivity contribution in [3.63, 3.8) is 0 Å². The zero-order valence-electron chi connectivity index (χ0n) is 10.9. The topological polar surface area (TPSA) is 30.7 Å². The molecule has 0 aliphatic rings. The van der Waals surface area contributed by atoms with Crippen LogP contribution >= 0.6 is 0 Å². The highest BCUT2D eigenvalue weighted by Crippen LogP contribution is 2.25. The van der Waals surface area contributed by atoms with Gasteiger partial charge in [0.25, 0.3) is 0 Å². The molecule has 0 radical (unpaired) electrons. The molecule has 0 spiro atoms. The minimum atomic E-state index is 0.373.